The van der Waals surface area contributed by atoms with Gasteiger partial charge in [-0.25, -0.2) is 8.42 Å². The first kappa shape index (κ1) is 24.4. The monoisotopic (exact) mass is 458 g/mol. The quantitative estimate of drug-likeness (QED) is 0.621. The summed E-state index contributed by atoms with van der Waals surface area (Å²) in [6.45, 7) is 9.78. The van der Waals surface area contributed by atoms with Crippen LogP contribution in [-0.4, -0.2) is 81.3 Å². The minimum atomic E-state index is -3.69. The molecule has 174 valence electrons. The first-order chi connectivity index (χ1) is 15.3. The molecule has 0 atom stereocenters. The Morgan fingerprint density at radius 1 is 0.969 bits per heavy atom. The molecule has 7 nitrogen and oxygen atoms in total. The van der Waals surface area contributed by atoms with Gasteiger partial charge in [-0.2, -0.15) is 4.31 Å². The fourth-order valence-electron chi connectivity index (χ4n) is 3.76. The summed E-state index contributed by atoms with van der Waals surface area (Å²) < 4.78 is 26.6. The van der Waals surface area contributed by atoms with Gasteiger partial charge in [0.2, 0.25) is 15.9 Å². The van der Waals surface area contributed by atoms with E-state index in [1.165, 1.54) is 12.6 Å². The molecule has 1 aliphatic rings. The van der Waals surface area contributed by atoms with Gasteiger partial charge >= 0.3 is 0 Å². The zero-order valence-electron chi connectivity index (χ0n) is 19.3. The molecule has 0 aliphatic carbocycles. The molecular formula is C24H34N4O3S. The summed E-state index contributed by atoms with van der Waals surface area (Å²) in [6, 6.07) is 15.5. The summed E-state index contributed by atoms with van der Waals surface area (Å²) >= 11 is 0. The highest BCUT2D eigenvalue weighted by Crippen LogP contribution is 2.18. The minimum absolute atomic E-state index is 0.194. The Morgan fingerprint density at radius 2 is 1.62 bits per heavy atom. The molecule has 0 bridgehead atoms. The molecular weight excluding hydrogens is 424 g/mol. The Kier molecular flexibility index (Phi) is 8.42. The maximum atomic E-state index is 12.7. The predicted molar refractivity (Wildman–Crippen MR) is 127 cm³/mol. The second kappa shape index (κ2) is 11.0. The number of piperazine rings is 1. The summed E-state index contributed by atoms with van der Waals surface area (Å²) in [5, 5.41) is 2.86. The minimum Gasteiger partial charge on any atom is -0.354 e. The summed E-state index contributed by atoms with van der Waals surface area (Å²) in [5.74, 6) is -0.289. The van der Waals surface area contributed by atoms with Crippen LogP contribution in [0.15, 0.2) is 53.4 Å². The van der Waals surface area contributed by atoms with Gasteiger partial charge in [0, 0.05) is 52.9 Å². The second-order valence-corrected chi connectivity index (χ2v) is 10.5. The number of hydrogen-bond acceptors (Lipinski definition) is 5. The van der Waals surface area contributed by atoms with E-state index >= 15 is 0 Å². The van der Waals surface area contributed by atoms with Crippen molar-refractivity contribution in [1.82, 2.24) is 19.4 Å². The molecule has 0 radical (unpaired) electrons. The third-order valence-corrected chi connectivity index (χ3v) is 7.82. The van der Waals surface area contributed by atoms with Gasteiger partial charge in [0.1, 0.15) is 0 Å². The lowest BCUT2D eigenvalue weighted by Crippen LogP contribution is -2.48. The van der Waals surface area contributed by atoms with E-state index in [4.69, 9.17) is 0 Å². The van der Waals surface area contributed by atoms with Gasteiger partial charge in [-0.1, -0.05) is 36.4 Å². The highest BCUT2D eigenvalue weighted by molar-refractivity contribution is 7.89. The number of amides is 1. The lowest BCUT2D eigenvalue weighted by molar-refractivity contribution is -0.121. The van der Waals surface area contributed by atoms with Crippen LogP contribution >= 0.6 is 0 Å². The van der Waals surface area contributed by atoms with Crippen LogP contribution in [0.3, 0.4) is 0 Å². The van der Waals surface area contributed by atoms with E-state index in [9.17, 15) is 13.2 Å². The van der Waals surface area contributed by atoms with E-state index in [1.807, 2.05) is 19.9 Å². The highest BCUT2D eigenvalue weighted by atomic mass is 32.2. The van der Waals surface area contributed by atoms with Crippen LogP contribution in [0.5, 0.6) is 0 Å². The fraction of sp³-hybridized carbons (Fsp3) is 0.458. The average molecular weight is 459 g/mol. The number of hydrogen-bond donors (Lipinski definition) is 1. The normalized spacial score (nSPS) is 15.8. The van der Waals surface area contributed by atoms with E-state index < -0.39 is 10.0 Å². The second-order valence-electron chi connectivity index (χ2n) is 8.46. The molecule has 1 N–H and O–H groups in total. The van der Waals surface area contributed by atoms with Crippen molar-refractivity contribution in [1.29, 1.82) is 0 Å². The lowest BCUT2D eigenvalue weighted by Gasteiger charge is -2.34. The zero-order chi connectivity index (χ0) is 23.1. The maximum Gasteiger partial charge on any atom is 0.243 e. The number of rotatable bonds is 9. The van der Waals surface area contributed by atoms with Gasteiger partial charge < -0.3 is 5.32 Å². The number of likely N-dealkylation sites (N-methyl/N-ethyl adjacent to an activating group) is 1. The summed E-state index contributed by atoms with van der Waals surface area (Å²) in [4.78, 5) is 17.3. The number of nitrogens with zero attached hydrogens (tertiary/aromatic N) is 3. The first-order valence-corrected chi connectivity index (χ1v) is 12.5. The van der Waals surface area contributed by atoms with Crippen molar-refractivity contribution in [3.8, 4) is 0 Å². The number of carbonyl (C=O) groups excluding carboxylic acids is 1. The van der Waals surface area contributed by atoms with Crippen molar-refractivity contribution in [2.24, 2.45) is 0 Å². The Morgan fingerprint density at radius 3 is 2.28 bits per heavy atom. The van der Waals surface area contributed by atoms with Crippen LogP contribution in [0.4, 0.5) is 0 Å². The van der Waals surface area contributed by atoms with E-state index in [1.54, 1.807) is 18.2 Å². The van der Waals surface area contributed by atoms with E-state index in [0.717, 1.165) is 54.7 Å². The number of benzene rings is 2. The molecule has 1 fully saturated rings. The predicted octanol–water partition coefficient (Wildman–Crippen LogP) is 1.86. The van der Waals surface area contributed by atoms with Crippen LogP contribution in [0, 0.1) is 13.8 Å². The lowest BCUT2D eigenvalue weighted by atomic mass is 10.1. The molecule has 0 unspecified atom stereocenters. The number of aryl methyl sites for hydroxylation is 2. The fourth-order valence-corrected chi connectivity index (χ4v) is 4.98. The Hall–Kier alpha value is -2.26. The van der Waals surface area contributed by atoms with Crippen molar-refractivity contribution in [3.63, 3.8) is 0 Å². The van der Waals surface area contributed by atoms with Crippen LogP contribution < -0.4 is 5.32 Å². The molecule has 32 heavy (non-hydrogen) atoms. The zero-order valence-corrected chi connectivity index (χ0v) is 20.1. The smallest absolute Gasteiger partial charge is 0.243 e. The number of sulfonamides is 1. The largest absolute Gasteiger partial charge is 0.354 e. The van der Waals surface area contributed by atoms with Crippen LogP contribution in [0.25, 0.3) is 0 Å². The molecule has 0 aromatic heterocycles. The van der Waals surface area contributed by atoms with E-state index in [2.05, 4.69) is 39.4 Å². The van der Waals surface area contributed by atoms with Gasteiger partial charge in [0.05, 0.1) is 11.4 Å². The first-order valence-electron chi connectivity index (χ1n) is 11.0. The third kappa shape index (κ3) is 6.62. The SMILES string of the molecule is Cc1ccc(S(=O)(=O)N(C)CC(=O)NCCN2CCN(Cc3ccccc3)CC2)cc1C. The molecule has 1 saturated heterocycles. The molecule has 2 aromatic carbocycles. The maximum absolute atomic E-state index is 12.7. The average Bonchev–Trinajstić information content (AvgIpc) is 2.77. The Bertz CT molecular complexity index is 1000. The highest BCUT2D eigenvalue weighted by Gasteiger charge is 2.23. The van der Waals surface area contributed by atoms with Gasteiger partial charge in [-0.3, -0.25) is 14.6 Å². The molecule has 0 saturated carbocycles. The van der Waals surface area contributed by atoms with Crippen LogP contribution in [0.2, 0.25) is 0 Å². The van der Waals surface area contributed by atoms with Gasteiger partial charge in [0.15, 0.2) is 0 Å². The Balaban J connectivity index is 1.38. The molecule has 1 heterocycles. The van der Waals surface area contributed by atoms with Crippen molar-refractivity contribution in [2.45, 2.75) is 25.3 Å². The van der Waals surface area contributed by atoms with Crippen molar-refractivity contribution in [2.75, 3.05) is 52.9 Å². The van der Waals surface area contributed by atoms with Crippen molar-refractivity contribution >= 4 is 15.9 Å². The summed E-state index contributed by atoms with van der Waals surface area (Å²) in [6.07, 6.45) is 0. The summed E-state index contributed by atoms with van der Waals surface area (Å²) in [5.41, 5.74) is 3.27. The Labute approximate surface area is 192 Å². The van der Waals surface area contributed by atoms with Crippen LogP contribution in [0.1, 0.15) is 16.7 Å². The molecule has 2 aromatic rings. The van der Waals surface area contributed by atoms with E-state index in [-0.39, 0.29) is 17.3 Å². The standard InChI is InChI=1S/C24H34N4O3S/c1-20-9-10-23(17-21(20)2)32(30,31)26(3)19-24(29)25-11-12-27-13-15-28(16-14-27)18-22-7-5-4-6-8-22/h4-10,17H,11-16,18-19H2,1-3H3,(H,25,29). The number of carbonyl (C=O) groups is 1. The molecule has 8 heteroatoms. The van der Waals surface area contributed by atoms with Gasteiger partial charge in [-0.15, -0.1) is 0 Å². The molecule has 3 rings (SSSR count). The summed E-state index contributed by atoms with van der Waals surface area (Å²) in [7, 11) is -2.25. The molecule has 1 amide bonds. The molecule has 0 spiro atoms. The van der Waals surface area contributed by atoms with Gasteiger partial charge in [-0.05, 0) is 42.7 Å². The van der Waals surface area contributed by atoms with Crippen molar-refractivity contribution in [3.05, 3.63) is 65.2 Å². The van der Waals surface area contributed by atoms with Gasteiger partial charge in [0.25, 0.3) is 0 Å². The van der Waals surface area contributed by atoms with Crippen LogP contribution in [-0.2, 0) is 21.4 Å². The van der Waals surface area contributed by atoms with E-state index in [0.29, 0.717) is 6.54 Å². The number of nitrogens with one attached hydrogen (secondary N) is 1. The topological polar surface area (TPSA) is 73.0 Å². The van der Waals surface area contributed by atoms with Crippen molar-refractivity contribution < 1.29 is 13.2 Å². The third-order valence-electron chi connectivity index (χ3n) is 6.02. The molecule has 1 aliphatic heterocycles.